The molecule has 0 aliphatic carbocycles. The molecule has 0 radical (unpaired) electrons. The summed E-state index contributed by atoms with van der Waals surface area (Å²) in [7, 11) is 0. The fraction of sp³-hybridized carbons (Fsp3) is 0.923. The van der Waals surface area contributed by atoms with Gasteiger partial charge in [0, 0.05) is 12.6 Å². The number of hydrogen-bond donors (Lipinski definition) is 4. The summed E-state index contributed by atoms with van der Waals surface area (Å²) in [6, 6.07) is 0.140. The molecule has 0 unspecified atom stereocenters. The van der Waals surface area contributed by atoms with Crippen LogP contribution >= 0.6 is 0 Å². The van der Waals surface area contributed by atoms with Gasteiger partial charge < -0.3 is 22.1 Å². The van der Waals surface area contributed by atoms with Gasteiger partial charge in [0.15, 0.2) is 0 Å². The minimum absolute atomic E-state index is 0.0381. The number of carbonyl (C=O) groups excluding carboxylic acids is 1. The number of nitrogens with two attached hydrogens (primary N) is 2. The van der Waals surface area contributed by atoms with Crippen molar-refractivity contribution >= 4 is 5.91 Å². The van der Waals surface area contributed by atoms with Gasteiger partial charge in [-0.3, -0.25) is 4.79 Å². The maximum atomic E-state index is 11.6. The van der Waals surface area contributed by atoms with Crippen LogP contribution in [0.25, 0.3) is 0 Å². The van der Waals surface area contributed by atoms with Crippen LogP contribution in [-0.2, 0) is 4.79 Å². The van der Waals surface area contributed by atoms with Crippen molar-refractivity contribution in [1.29, 1.82) is 0 Å². The van der Waals surface area contributed by atoms with Crippen LogP contribution in [0.3, 0.4) is 0 Å². The van der Waals surface area contributed by atoms with E-state index in [1.54, 1.807) is 0 Å². The van der Waals surface area contributed by atoms with E-state index >= 15 is 0 Å². The lowest BCUT2D eigenvalue weighted by Crippen LogP contribution is -2.41. The molecule has 0 heterocycles. The Morgan fingerprint density at radius 2 is 1.78 bits per heavy atom. The quantitative estimate of drug-likeness (QED) is 0.402. The Balaban J connectivity index is 3.40. The molecule has 0 saturated carbocycles. The van der Waals surface area contributed by atoms with Crippen LogP contribution in [0, 0.1) is 0 Å². The molecule has 0 bridgehead atoms. The summed E-state index contributed by atoms with van der Waals surface area (Å²) in [5.74, 6) is -0.0381. The summed E-state index contributed by atoms with van der Waals surface area (Å²) in [4.78, 5) is 11.6. The first kappa shape index (κ1) is 17.4. The summed E-state index contributed by atoms with van der Waals surface area (Å²) >= 11 is 0. The summed E-state index contributed by atoms with van der Waals surface area (Å²) in [5, 5.41) is 6.22. The van der Waals surface area contributed by atoms with Crippen molar-refractivity contribution in [1.82, 2.24) is 10.6 Å². The third kappa shape index (κ3) is 10.5. The highest BCUT2D eigenvalue weighted by molar-refractivity contribution is 5.81. The zero-order valence-electron chi connectivity index (χ0n) is 11.9. The molecule has 5 nitrogen and oxygen atoms in total. The van der Waals surface area contributed by atoms with Gasteiger partial charge in [0.25, 0.3) is 0 Å². The predicted molar refractivity (Wildman–Crippen MR) is 76.3 cm³/mol. The van der Waals surface area contributed by atoms with E-state index in [-0.39, 0.29) is 11.9 Å². The van der Waals surface area contributed by atoms with Gasteiger partial charge in [0.2, 0.25) is 5.91 Å². The molecule has 0 aromatic heterocycles. The van der Waals surface area contributed by atoms with Crippen molar-refractivity contribution in [2.24, 2.45) is 11.5 Å². The van der Waals surface area contributed by atoms with E-state index in [1.807, 2.05) is 0 Å². The summed E-state index contributed by atoms with van der Waals surface area (Å²) in [5.41, 5.74) is 11.2. The van der Waals surface area contributed by atoms with E-state index in [2.05, 4.69) is 24.5 Å². The highest BCUT2D eigenvalue weighted by Crippen LogP contribution is 1.98. The molecule has 6 N–H and O–H groups in total. The second-order valence-electron chi connectivity index (χ2n) is 5.00. The Labute approximate surface area is 111 Å². The molecule has 1 amide bonds. The second-order valence-corrected chi connectivity index (χ2v) is 5.00. The number of hydrogen-bond acceptors (Lipinski definition) is 4. The van der Waals surface area contributed by atoms with Gasteiger partial charge in [-0.05, 0) is 38.8 Å². The summed E-state index contributed by atoms with van der Waals surface area (Å²) in [6.07, 6.45) is 4.63. The van der Waals surface area contributed by atoms with Crippen LogP contribution in [0.2, 0.25) is 0 Å². The van der Waals surface area contributed by atoms with Gasteiger partial charge in [-0.1, -0.05) is 20.3 Å². The smallest absolute Gasteiger partial charge is 0.236 e. The number of rotatable bonds is 11. The Hall–Kier alpha value is -0.650. The monoisotopic (exact) mass is 258 g/mol. The Bertz CT molecular complexity index is 209. The first-order valence-corrected chi connectivity index (χ1v) is 7.04. The molecule has 0 aromatic rings. The third-order valence-electron chi connectivity index (χ3n) is 2.76. The molecule has 0 saturated heterocycles. The Kier molecular flexibility index (Phi) is 11.0. The fourth-order valence-electron chi connectivity index (χ4n) is 1.62. The third-order valence-corrected chi connectivity index (χ3v) is 2.76. The number of nitrogens with one attached hydrogen (secondary N) is 2. The van der Waals surface area contributed by atoms with E-state index in [9.17, 15) is 4.79 Å². The molecular weight excluding hydrogens is 228 g/mol. The van der Waals surface area contributed by atoms with Crippen LogP contribution in [0.5, 0.6) is 0 Å². The molecule has 108 valence electrons. The molecule has 0 aromatic carbocycles. The maximum Gasteiger partial charge on any atom is 0.236 e. The van der Waals surface area contributed by atoms with Crippen LogP contribution in [0.15, 0.2) is 0 Å². The maximum absolute atomic E-state index is 11.6. The van der Waals surface area contributed by atoms with Crippen LogP contribution in [0.1, 0.15) is 46.0 Å². The topological polar surface area (TPSA) is 93.2 Å². The lowest BCUT2D eigenvalue weighted by molar-refractivity contribution is -0.122. The standard InChI is InChI=1S/C13H30N4O/c1-11(2)16-9-5-6-10-17-13(18)12(15)7-3-4-8-14/h11-12,16H,3-10,14-15H2,1-2H3,(H,17,18)/t12-/m0/s1. The van der Waals surface area contributed by atoms with Gasteiger partial charge in [-0.15, -0.1) is 0 Å². The summed E-state index contributed by atoms with van der Waals surface area (Å²) in [6.45, 7) is 6.63. The normalized spacial score (nSPS) is 12.7. The second kappa shape index (κ2) is 11.4. The lowest BCUT2D eigenvalue weighted by atomic mass is 10.1. The minimum atomic E-state index is -0.384. The molecule has 0 fully saturated rings. The molecule has 1 atom stereocenters. The molecule has 0 rings (SSSR count). The lowest BCUT2D eigenvalue weighted by Gasteiger charge is -2.12. The molecule has 5 heteroatoms. The van der Waals surface area contributed by atoms with Crippen molar-refractivity contribution in [2.75, 3.05) is 19.6 Å². The average molecular weight is 258 g/mol. The van der Waals surface area contributed by atoms with E-state index in [1.165, 1.54) is 0 Å². The van der Waals surface area contributed by atoms with Crippen molar-refractivity contribution in [2.45, 2.75) is 58.0 Å². The van der Waals surface area contributed by atoms with Gasteiger partial charge in [-0.25, -0.2) is 0 Å². The Morgan fingerprint density at radius 1 is 1.11 bits per heavy atom. The molecule has 0 aliphatic heterocycles. The Morgan fingerprint density at radius 3 is 2.39 bits per heavy atom. The molecule has 0 spiro atoms. The highest BCUT2D eigenvalue weighted by Gasteiger charge is 2.11. The number of amides is 1. The van der Waals surface area contributed by atoms with E-state index in [4.69, 9.17) is 11.5 Å². The minimum Gasteiger partial charge on any atom is -0.355 e. The largest absolute Gasteiger partial charge is 0.355 e. The van der Waals surface area contributed by atoms with E-state index in [0.717, 1.165) is 38.6 Å². The van der Waals surface area contributed by atoms with Crippen LogP contribution < -0.4 is 22.1 Å². The highest BCUT2D eigenvalue weighted by atomic mass is 16.2. The van der Waals surface area contributed by atoms with Crippen LogP contribution in [0.4, 0.5) is 0 Å². The van der Waals surface area contributed by atoms with Gasteiger partial charge in [-0.2, -0.15) is 0 Å². The first-order chi connectivity index (χ1) is 8.57. The van der Waals surface area contributed by atoms with Crippen molar-refractivity contribution in [3.63, 3.8) is 0 Å². The summed E-state index contributed by atoms with van der Waals surface area (Å²) < 4.78 is 0. The van der Waals surface area contributed by atoms with Crippen molar-refractivity contribution in [3.05, 3.63) is 0 Å². The SMILES string of the molecule is CC(C)NCCCCNC(=O)[C@@H](N)CCCCN. The van der Waals surface area contributed by atoms with Crippen LogP contribution in [-0.4, -0.2) is 37.6 Å². The fourth-order valence-corrected chi connectivity index (χ4v) is 1.62. The van der Waals surface area contributed by atoms with E-state index < -0.39 is 0 Å². The number of carbonyl (C=O) groups is 1. The van der Waals surface area contributed by atoms with Crippen molar-refractivity contribution < 1.29 is 4.79 Å². The van der Waals surface area contributed by atoms with Gasteiger partial charge in [0.1, 0.15) is 0 Å². The zero-order valence-corrected chi connectivity index (χ0v) is 11.9. The first-order valence-electron chi connectivity index (χ1n) is 7.04. The number of unbranched alkanes of at least 4 members (excludes halogenated alkanes) is 2. The average Bonchev–Trinajstić information content (AvgIpc) is 2.33. The molecule has 18 heavy (non-hydrogen) atoms. The van der Waals surface area contributed by atoms with E-state index in [0.29, 0.717) is 19.1 Å². The van der Waals surface area contributed by atoms with Gasteiger partial charge >= 0.3 is 0 Å². The predicted octanol–water partition coefficient (Wildman–Crippen LogP) is 0.337. The van der Waals surface area contributed by atoms with Gasteiger partial charge in [0.05, 0.1) is 6.04 Å². The molecular formula is C13H30N4O. The molecule has 0 aliphatic rings. The zero-order chi connectivity index (χ0) is 13.8. The van der Waals surface area contributed by atoms with Crippen molar-refractivity contribution in [3.8, 4) is 0 Å².